The lowest BCUT2D eigenvalue weighted by atomic mass is 9.76. The van der Waals surface area contributed by atoms with Crippen LogP contribution in [0.4, 0.5) is 5.69 Å². The molecule has 2 aliphatic heterocycles. The smallest absolute Gasteiger partial charge is 0.182 e. The van der Waals surface area contributed by atoms with Crippen molar-refractivity contribution in [2.75, 3.05) is 18.5 Å². The molecule has 0 aromatic heterocycles. The largest absolute Gasteiger partial charge is 0.347 e. The SMILES string of the molecule is CCCC[N+]1=C(C=CC=C2N(C)c3ccccc3C2(C)C)C(C)(C)C(C)C1C. The second kappa shape index (κ2) is 7.54. The van der Waals surface area contributed by atoms with Crippen LogP contribution < -0.4 is 4.90 Å². The van der Waals surface area contributed by atoms with Gasteiger partial charge in [-0.15, -0.1) is 0 Å². The molecule has 0 saturated heterocycles. The van der Waals surface area contributed by atoms with Crippen LogP contribution in [0.1, 0.15) is 66.9 Å². The van der Waals surface area contributed by atoms with Crippen LogP contribution in [0.15, 0.2) is 48.2 Å². The lowest BCUT2D eigenvalue weighted by Crippen LogP contribution is -2.28. The molecule has 0 saturated carbocycles. The highest BCUT2D eigenvalue weighted by Crippen LogP contribution is 2.46. The number of benzene rings is 1. The van der Waals surface area contributed by atoms with Crippen LogP contribution in [-0.4, -0.2) is 29.9 Å². The van der Waals surface area contributed by atoms with E-state index in [0.29, 0.717) is 12.0 Å². The van der Waals surface area contributed by atoms with Gasteiger partial charge in [0, 0.05) is 42.3 Å². The molecule has 1 aromatic rings. The highest BCUT2D eigenvalue weighted by molar-refractivity contribution is 5.96. The van der Waals surface area contributed by atoms with E-state index in [1.165, 1.54) is 42.0 Å². The zero-order valence-corrected chi connectivity index (χ0v) is 19.2. The monoisotopic (exact) mass is 379 g/mol. The van der Waals surface area contributed by atoms with Gasteiger partial charge in [-0.05, 0) is 38.5 Å². The maximum atomic E-state index is 2.65. The van der Waals surface area contributed by atoms with Crippen molar-refractivity contribution in [2.24, 2.45) is 11.3 Å². The maximum absolute atomic E-state index is 2.65. The zero-order valence-electron chi connectivity index (χ0n) is 19.2. The van der Waals surface area contributed by atoms with Gasteiger partial charge in [0.2, 0.25) is 0 Å². The molecule has 2 atom stereocenters. The van der Waals surface area contributed by atoms with Crippen LogP contribution >= 0.6 is 0 Å². The van der Waals surface area contributed by atoms with Crippen molar-refractivity contribution >= 4 is 11.4 Å². The number of fused-ring (bicyclic) bond motifs is 1. The molecule has 0 spiro atoms. The molecule has 0 fully saturated rings. The molecule has 0 radical (unpaired) electrons. The van der Waals surface area contributed by atoms with E-state index in [9.17, 15) is 0 Å². The van der Waals surface area contributed by atoms with Gasteiger partial charge in [0.1, 0.15) is 6.54 Å². The summed E-state index contributed by atoms with van der Waals surface area (Å²) in [5, 5.41) is 0. The molecular weight excluding hydrogens is 340 g/mol. The number of para-hydroxylation sites is 1. The summed E-state index contributed by atoms with van der Waals surface area (Å²) < 4.78 is 2.65. The summed E-state index contributed by atoms with van der Waals surface area (Å²) in [4.78, 5) is 2.35. The highest BCUT2D eigenvalue weighted by atomic mass is 15.2. The summed E-state index contributed by atoms with van der Waals surface area (Å²) in [6.07, 6.45) is 9.51. The van der Waals surface area contributed by atoms with Crippen LogP contribution in [-0.2, 0) is 5.41 Å². The van der Waals surface area contributed by atoms with Crippen LogP contribution in [0.3, 0.4) is 0 Å². The van der Waals surface area contributed by atoms with Crippen molar-refractivity contribution in [3.63, 3.8) is 0 Å². The molecule has 28 heavy (non-hydrogen) atoms. The molecular formula is C26H39N2+. The Bertz CT molecular complexity index is 823. The first kappa shape index (κ1) is 20.9. The van der Waals surface area contributed by atoms with E-state index in [0.717, 1.165) is 0 Å². The Labute approximate surface area is 172 Å². The molecule has 2 nitrogen and oxygen atoms in total. The predicted molar refractivity (Wildman–Crippen MR) is 123 cm³/mol. The Morgan fingerprint density at radius 1 is 1.11 bits per heavy atom. The first-order valence-corrected chi connectivity index (χ1v) is 11.0. The number of likely N-dealkylation sites (N-methyl/N-ethyl adjacent to an activating group) is 1. The summed E-state index contributed by atoms with van der Waals surface area (Å²) in [6, 6.07) is 9.38. The van der Waals surface area contributed by atoms with E-state index in [1.807, 2.05) is 0 Å². The minimum Gasteiger partial charge on any atom is -0.347 e. The van der Waals surface area contributed by atoms with Gasteiger partial charge >= 0.3 is 0 Å². The Morgan fingerprint density at radius 2 is 1.79 bits per heavy atom. The third kappa shape index (κ3) is 3.25. The summed E-state index contributed by atoms with van der Waals surface area (Å²) in [5.74, 6) is 0.659. The van der Waals surface area contributed by atoms with E-state index in [2.05, 4.69) is 107 Å². The van der Waals surface area contributed by atoms with Crippen LogP contribution in [0.25, 0.3) is 0 Å². The van der Waals surface area contributed by atoms with Gasteiger partial charge in [0.15, 0.2) is 11.8 Å². The average molecular weight is 380 g/mol. The topological polar surface area (TPSA) is 6.25 Å². The molecule has 0 N–H and O–H groups in total. The van der Waals surface area contributed by atoms with Gasteiger partial charge in [0.05, 0.1) is 5.41 Å². The Hall–Kier alpha value is -1.83. The minimum atomic E-state index is 0.0357. The van der Waals surface area contributed by atoms with Crippen LogP contribution in [0, 0.1) is 11.3 Å². The van der Waals surface area contributed by atoms with Gasteiger partial charge in [-0.25, -0.2) is 4.58 Å². The number of unbranched alkanes of at least 4 members (excludes halogenated alkanes) is 1. The number of hydrogen-bond donors (Lipinski definition) is 0. The van der Waals surface area contributed by atoms with Crippen molar-refractivity contribution in [1.29, 1.82) is 0 Å². The fourth-order valence-electron chi connectivity index (χ4n) is 5.19. The van der Waals surface area contributed by atoms with E-state index in [-0.39, 0.29) is 10.8 Å². The van der Waals surface area contributed by atoms with E-state index in [1.54, 1.807) is 0 Å². The Balaban J connectivity index is 1.95. The standard InChI is InChI=1S/C26H39N2/c1-9-10-18-28-20(3)19(2)25(4,5)24(28)17-13-16-23-26(6,7)21-14-11-12-15-22(21)27(23)8/h11-17,19-20H,9-10,18H2,1-8H3/q+1. The molecule has 2 unspecified atom stereocenters. The summed E-state index contributed by atoms with van der Waals surface area (Å²) in [6.45, 7) is 17.7. The zero-order chi connectivity index (χ0) is 20.7. The number of allylic oxidation sites excluding steroid dienone is 4. The van der Waals surface area contributed by atoms with Crippen molar-refractivity contribution in [2.45, 2.75) is 72.8 Å². The second-order valence-electron chi connectivity index (χ2n) is 9.80. The van der Waals surface area contributed by atoms with Gasteiger partial charge in [-0.1, -0.05) is 58.4 Å². The summed E-state index contributed by atoms with van der Waals surface area (Å²) in [7, 11) is 2.19. The van der Waals surface area contributed by atoms with Crippen LogP contribution in [0.5, 0.6) is 0 Å². The highest BCUT2D eigenvalue weighted by Gasteiger charge is 2.49. The third-order valence-electron chi connectivity index (χ3n) is 7.52. The van der Waals surface area contributed by atoms with Crippen molar-refractivity contribution in [3.05, 3.63) is 53.8 Å². The van der Waals surface area contributed by atoms with E-state index >= 15 is 0 Å². The quantitative estimate of drug-likeness (QED) is 0.554. The van der Waals surface area contributed by atoms with Crippen LogP contribution in [0.2, 0.25) is 0 Å². The van der Waals surface area contributed by atoms with Gasteiger partial charge in [0.25, 0.3) is 0 Å². The first-order valence-electron chi connectivity index (χ1n) is 11.0. The van der Waals surface area contributed by atoms with Gasteiger partial charge < -0.3 is 4.90 Å². The Kier molecular flexibility index (Phi) is 5.62. The first-order chi connectivity index (χ1) is 13.1. The summed E-state index contributed by atoms with van der Waals surface area (Å²) in [5.41, 5.74) is 5.85. The van der Waals surface area contributed by atoms with E-state index < -0.39 is 0 Å². The van der Waals surface area contributed by atoms with Crippen molar-refractivity contribution < 1.29 is 4.58 Å². The minimum absolute atomic E-state index is 0.0357. The molecule has 0 aliphatic carbocycles. The second-order valence-corrected chi connectivity index (χ2v) is 9.80. The molecule has 0 amide bonds. The van der Waals surface area contributed by atoms with E-state index in [4.69, 9.17) is 0 Å². The number of hydrogen-bond acceptors (Lipinski definition) is 1. The lowest BCUT2D eigenvalue weighted by molar-refractivity contribution is -0.559. The fourth-order valence-corrected chi connectivity index (χ4v) is 5.19. The molecule has 0 bridgehead atoms. The number of rotatable bonds is 5. The molecule has 152 valence electrons. The Morgan fingerprint density at radius 3 is 2.43 bits per heavy atom. The normalized spacial score (nSPS) is 27.3. The predicted octanol–water partition coefficient (Wildman–Crippen LogP) is 6.17. The maximum Gasteiger partial charge on any atom is 0.182 e. The number of anilines is 1. The third-order valence-corrected chi connectivity index (χ3v) is 7.52. The fraction of sp³-hybridized carbons (Fsp3) is 0.577. The lowest BCUT2D eigenvalue weighted by Gasteiger charge is -2.24. The average Bonchev–Trinajstić information content (AvgIpc) is 2.95. The molecule has 2 aliphatic rings. The molecule has 3 rings (SSSR count). The van der Waals surface area contributed by atoms with Crippen molar-refractivity contribution in [3.8, 4) is 0 Å². The van der Waals surface area contributed by atoms with Gasteiger partial charge in [-0.3, -0.25) is 0 Å². The summed E-state index contributed by atoms with van der Waals surface area (Å²) >= 11 is 0. The molecule has 2 heteroatoms. The van der Waals surface area contributed by atoms with Crippen molar-refractivity contribution in [1.82, 2.24) is 0 Å². The molecule has 2 heterocycles. The number of nitrogens with zero attached hydrogens (tertiary/aromatic N) is 2. The molecule has 1 aromatic carbocycles. The van der Waals surface area contributed by atoms with Gasteiger partial charge in [-0.2, -0.15) is 0 Å².